The summed E-state index contributed by atoms with van der Waals surface area (Å²) >= 11 is 0. The molecular weight excluding hydrogens is 482 g/mol. The van der Waals surface area contributed by atoms with E-state index in [1.54, 1.807) is 30.3 Å². The van der Waals surface area contributed by atoms with E-state index < -0.39 is 22.5 Å². The molecule has 0 aliphatic carbocycles. The van der Waals surface area contributed by atoms with E-state index in [-0.39, 0.29) is 53.5 Å². The number of carbonyl (C=O) groups excluding carboxylic acids is 3. The lowest BCUT2D eigenvalue weighted by molar-refractivity contribution is -0.384. The number of azo groups is 1. The third-order valence-corrected chi connectivity index (χ3v) is 4.86. The molecule has 13 heteroatoms. The van der Waals surface area contributed by atoms with Crippen LogP contribution in [-0.4, -0.2) is 42.3 Å². The number of nitrogens with one attached hydrogen (secondary N) is 1. The first-order chi connectivity index (χ1) is 17.6. The van der Waals surface area contributed by atoms with Crippen LogP contribution in [0.1, 0.15) is 38.3 Å². The van der Waals surface area contributed by atoms with E-state index in [4.69, 9.17) is 4.74 Å². The summed E-state index contributed by atoms with van der Waals surface area (Å²) in [7, 11) is 0. The molecule has 0 aromatic heterocycles. The molecule has 0 heterocycles. The van der Waals surface area contributed by atoms with Crippen LogP contribution in [0.5, 0.6) is 0 Å². The van der Waals surface area contributed by atoms with Crippen LogP contribution < -0.4 is 10.2 Å². The molecular formula is C24H23N7O6. The van der Waals surface area contributed by atoms with Gasteiger partial charge in [0.2, 0.25) is 5.91 Å². The highest BCUT2D eigenvalue weighted by atomic mass is 16.6. The van der Waals surface area contributed by atoms with Crippen molar-refractivity contribution in [1.29, 1.82) is 10.5 Å². The van der Waals surface area contributed by atoms with E-state index in [1.807, 2.05) is 11.8 Å². The number of ether oxygens (including phenoxy) is 1. The van der Waals surface area contributed by atoms with Gasteiger partial charge in [0, 0.05) is 37.8 Å². The van der Waals surface area contributed by atoms with Crippen molar-refractivity contribution in [2.75, 3.05) is 29.9 Å². The molecule has 0 bridgehead atoms. The van der Waals surface area contributed by atoms with Crippen molar-refractivity contribution in [3.8, 4) is 12.1 Å². The van der Waals surface area contributed by atoms with Crippen molar-refractivity contribution in [2.24, 2.45) is 10.2 Å². The maximum atomic E-state index is 11.9. The highest BCUT2D eigenvalue weighted by Crippen LogP contribution is 2.34. The van der Waals surface area contributed by atoms with Gasteiger partial charge in [-0.1, -0.05) is 0 Å². The molecule has 0 saturated heterocycles. The van der Waals surface area contributed by atoms with Gasteiger partial charge in [0.15, 0.2) is 5.78 Å². The molecule has 190 valence electrons. The Morgan fingerprint density at radius 2 is 1.76 bits per heavy atom. The van der Waals surface area contributed by atoms with Crippen LogP contribution in [0.3, 0.4) is 0 Å². The van der Waals surface area contributed by atoms with E-state index in [2.05, 4.69) is 15.5 Å². The number of rotatable bonds is 11. The SMILES string of the molecule is CCN(CCC(=O)OCC(C)=O)c1ccc(N=Nc2c(C#N)cc([N+](=O)[O-])cc2C#N)c(NC(C)=O)c1. The highest BCUT2D eigenvalue weighted by molar-refractivity contribution is 5.93. The van der Waals surface area contributed by atoms with Crippen molar-refractivity contribution in [2.45, 2.75) is 27.2 Å². The van der Waals surface area contributed by atoms with E-state index in [9.17, 15) is 35.0 Å². The Balaban J connectivity index is 2.39. The second-order valence-corrected chi connectivity index (χ2v) is 7.65. The van der Waals surface area contributed by atoms with Gasteiger partial charge >= 0.3 is 5.97 Å². The Bertz CT molecular complexity index is 1310. The number of hydrogen-bond donors (Lipinski definition) is 1. The fraction of sp³-hybridized carbons (Fsp3) is 0.292. The molecule has 0 fully saturated rings. The van der Waals surface area contributed by atoms with Crippen molar-refractivity contribution in [3.63, 3.8) is 0 Å². The Morgan fingerprint density at radius 1 is 1.11 bits per heavy atom. The van der Waals surface area contributed by atoms with Crippen LogP contribution in [0, 0.1) is 32.8 Å². The summed E-state index contributed by atoms with van der Waals surface area (Å²) in [5.41, 5.74) is 0.123. The lowest BCUT2D eigenvalue weighted by Crippen LogP contribution is -2.27. The molecule has 0 aliphatic heterocycles. The average molecular weight is 505 g/mol. The molecule has 1 amide bonds. The summed E-state index contributed by atoms with van der Waals surface area (Å²) < 4.78 is 4.88. The van der Waals surface area contributed by atoms with Crippen LogP contribution in [0.2, 0.25) is 0 Å². The van der Waals surface area contributed by atoms with Gasteiger partial charge in [-0.05, 0) is 32.0 Å². The number of nitro groups is 1. The second kappa shape index (κ2) is 13.1. The molecule has 0 radical (unpaired) electrons. The van der Waals surface area contributed by atoms with Gasteiger partial charge in [0.1, 0.15) is 30.1 Å². The number of esters is 1. The molecule has 0 unspecified atom stereocenters. The first kappa shape index (κ1) is 28.1. The van der Waals surface area contributed by atoms with Gasteiger partial charge in [-0.3, -0.25) is 24.5 Å². The number of benzene rings is 2. The fourth-order valence-corrected chi connectivity index (χ4v) is 3.15. The van der Waals surface area contributed by atoms with Gasteiger partial charge in [-0.2, -0.15) is 10.5 Å². The zero-order chi connectivity index (χ0) is 27.5. The molecule has 2 aromatic carbocycles. The average Bonchev–Trinajstić information content (AvgIpc) is 2.86. The normalized spacial score (nSPS) is 10.3. The summed E-state index contributed by atoms with van der Waals surface area (Å²) in [6.45, 7) is 5.00. The molecule has 0 aliphatic rings. The lowest BCUT2D eigenvalue weighted by atomic mass is 10.1. The molecule has 37 heavy (non-hydrogen) atoms. The Labute approximate surface area is 212 Å². The number of carbonyl (C=O) groups is 3. The van der Waals surface area contributed by atoms with E-state index in [1.165, 1.54) is 13.8 Å². The number of non-ortho nitro benzene ring substituents is 1. The summed E-state index contributed by atoms with van der Waals surface area (Å²) in [5.74, 6) is -1.18. The number of nitriles is 2. The van der Waals surface area contributed by atoms with Gasteiger partial charge in [-0.25, -0.2) is 0 Å². The summed E-state index contributed by atoms with van der Waals surface area (Å²) in [4.78, 5) is 46.9. The minimum absolute atomic E-state index is 0.0338. The molecule has 0 atom stereocenters. The first-order valence-electron chi connectivity index (χ1n) is 11.0. The first-order valence-corrected chi connectivity index (χ1v) is 11.0. The molecule has 0 saturated carbocycles. The fourth-order valence-electron chi connectivity index (χ4n) is 3.15. The van der Waals surface area contributed by atoms with Crippen molar-refractivity contribution in [1.82, 2.24) is 0 Å². The Morgan fingerprint density at radius 3 is 2.27 bits per heavy atom. The van der Waals surface area contributed by atoms with Gasteiger partial charge in [-0.15, -0.1) is 10.2 Å². The maximum absolute atomic E-state index is 11.9. The van der Waals surface area contributed by atoms with Crippen LogP contribution in [0.15, 0.2) is 40.6 Å². The Kier molecular flexibility index (Phi) is 9.91. The third-order valence-electron chi connectivity index (χ3n) is 4.86. The van der Waals surface area contributed by atoms with E-state index >= 15 is 0 Å². The number of ketones is 1. The smallest absolute Gasteiger partial charge is 0.308 e. The van der Waals surface area contributed by atoms with Crippen LogP contribution >= 0.6 is 0 Å². The minimum Gasteiger partial charge on any atom is -0.458 e. The predicted molar refractivity (Wildman–Crippen MR) is 132 cm³/mol. The summed E-state index contributed by atoms with van der Waals surface area (Å²) in [6, 6.07) is 10.4. The van der Waals surface area contributed by atoms with E-state index in [0.717, 1.165) is 12.1 Å². The highest BCUT2D eigenvalue weighted by Gasteiger charge is 2.17. The zero-order valence-electron chi connectivity index (χ0n) is 20.3. The number of Topliss-reactive ketones (excluding diaryl/α,β-unsaturated/α-hetero) is 1. The van der Waals surface area contributed by atoms with Crippen LogP contribution in [0.4, 0.5) is 28.4 Å². The summed E-state index contributed by atoms with van der Waals surface area (Å²) in [6.07, 6.45) is 0.0338. The predicted octanol–water partition coefficient (Wildman–Crippen LogP) is 4.06. The standard InChI is InChI=1S/C24H23N7O6/c1-4-30(8-7-23(34)37-14-15(2)32)19-5-6-21(22(11-19)27-16(3)33)28-29-24-17(12-25)9-20(31(35)36)10-18(24)13-26/h5-6,9-11H,4,7-8,14H2,1-3H3,(H,27,33). The number of nitro benzene ring substituents is 1. The van der Waals surface area contributed by atoms with Gasteiger partial charge in [0.05, 0.1) is 28.2 Å². The Hall–Kier alpha value is -5.17. The molecule has 2 aromatic rings. The zero-order valence-corrected chi connectivity index (χ0v) is 20.3. The van der Waals surface area contributed by atoms with Crippen molar-refractivity contribution in [3.05, 3.63) is 51.6 Å². The van der Waals surface area contributed by atoms with Gasteiger partial charge < -0.3 is 15.0 Å². The third kappa shape index (κ3) is 7.93. The quantitative estimate of drug-likeness (QED) is 0.203. The van der Waals surface area contributed by atoms with Crippen molar-refractivity contribution >= 4 is 46.1 Å². The van der Waals surface area contributed by atoms with Crippen LogP contribution in [-0.2, 0) is 19.1 Å². The van der Waals surface area contributed by atoms with Crippen LogP contribution in [0.25, 0.3) is 0 Å². The topological polar surface area (TPSA) is 191 Å². The number of nitrogens with zero attached hydrogens (tertiary/aromatic N) is 6. The lowest BCUT2D eigenvalue weighted by Gasteiger charge is -2.23. The van der Waals surface area contributed by atoms with Gasteiger partial charge in [0.25, 0.3) is 5.69 Å². The van der Waals surface area contributed by atoms with Crippen molar-refractivity contribution < 1.29 is 24.0 Å². The maximum Gasteiger partial charge on any atom is 0.308 e. The number of anilines is 2. The second-order valence-electron chi connectivity index (χ2n) is 7.65. The minimum atomic E-state index is -0.723. The molecule has 13 nitrogen and oxygen atoms in total. The summed E-state index contributed by atoms with van der Waals surface area (Å²) in [5, 5.41) is 40.6. The number of amides is 1. The molecule has 2 rings (SSSR count). The molecule has 1 N–H and O–H groups in total. The number of hydrogen-bond acceptors (Lipinski definition) is 11. The van der Waals surface area contributed by atoms with E-state index in [0.29, 0.717) is 12.2 Å². The monoisotopic (exact) mass is 505 g/mol. The largest absolute Gasteiger partial charge is 0.458 e. The molecule has 0 spiro atoms.